The van der Waals surface area contributed by atoms with Gasteiger partial charge in [0.1, 0.15) is 0 Å². The molecule has 1 aliphatic rings. The van der Waals surface area contributed by atoms with E-state index in [4.69, 9.17) is 0 Å². The Bertz CT molecular complexity index is 623. The molecule has 0 atom stereocenters. The normalized spacial score (nSPS) is 14.3. The van der Waals surface area contributed by atoms with Gasteiger partial charge in [0.2, 0.25) is 0 Å². The van der Waals surface area contributed by atoms with Crippen LogP contribution < -0.4 is 3.07 Å². The molecule has 0 spiro atoms. The molecule has 0 amide bonds. The second-order valence-corrected chi connectivity index (χ2v) is 12.8. The second kappa shape index (κ2) is 6.31. The first-order valence-electron chi connectivity index (χ1n) is 6.82. The van der Waals surface area contributed by atoms with Gasteiger partial charge in [-0.3, -0.25) is 0 Å². The minimum atomic E-state index is -1.34. The topological polar surface area (TPSA) is 37.9 Å². The number of hydrogen-bond acceptors (Lipinski definition) is 1. The SMILES string of the molecule is [N-]=NN1CC[C]([Hg][c]2ccccc2)=C1c1ccccc1. The van der Waals surface area contributed by atoms with Crippen LogP contribution in [0.5, 0.6) is 0 Å². The van der Waals surface area contributed by atoms with Gasteiger partial charge in [-0.1, -0.05) is 0 Å². The number of hydrogen-bond donors (Lipinski definition) is 0. The summed E-state index contributed by atoms with van der Waals surface area (Å²) in [6.07, 6.45) is 1.03. The first kappa shape index (κ1) is 13.5. The fraction of sp³-hybridized carbons (Fsp3) is 0.125. The van der Waals surface area contributed by atoms with Crippen LogP contribution in [0.3, 0.4) is 0 Å². The maximum absolute atomic E-state index is 9.22. The minimum absolute atomic E-state index is 0.795. The molecule has 0 aromatic heterocycles. The zero-order valence-corrected chi connectivity index (χ0v) is 16.7. The first-order valence-corrected chi connectivity index (χ1v) is 12.3. The summed E-state index contributed by atoms with van der Waals surface area (Å²) in [5, 5.41) is 5.19. The van der Waals surface area contributed by atoms with Gasteiger partial charge in [0.25, 0.3) is 0 Å². The molecular weight excluding hydrogens is 435 g/mol. The van der Waals surface area contributed by atoms with Crippen LogP contribution in [0.1, 0.15) is 12.0 Å². The molecule has 0 bridgehead atoms. The van der Waals surface area contributed by atoms with Crippen molar-refractivity contribution in [3.63, 3.8) is 0 Å². The number of nitrogens with zero attached hydrogens (tertiary/aromatic N) is 3. The zero-order chi connectivity index (χ0) is 13.8. The van der Waals surface area contributed by atoms with Crippen LogP contribution in [0, 0.1) is 0 Å². The van der Waals surface area contributed by atoms with E-state index in [-0.39, 0.29) is 0 Å². The molecule has 1 heterocycles. The Morgan fingerprint density at radius 1 is 0.950 bits per heavy atom. The zero-order valence-electron chi connectivity index (χ0n) is 11.2. The molecule has 2 aromatic carbocycles. The quantitative estimate of drug-likeness (QED) is 0.522. The molecule has 0 fully saturated rings. The molecule has 0 saturated heterocycles. The molecule has 4 heteroatoms. The van der Waals surface area contributed by atoms with Crippen LogP contribution in [0.25, 0.3) is 11.2 Å². The third-order valence-electron chi connectivity index (χ3n) is 3.63. The molecule has 3 nitrogen and oxygen atoms in total. The van der Waals surface area contributed by atoms with E-state index in [1.807, 2.05) is 18.2 Å². The van der Waals surface area contributed by atoms with Gasteiger partial charge in [-0.05, 0) is 0 Å². The summed E-state index contributed by atoms with van der Waals surface area (Å²) < 4.78 is 3.05. The summed E-state index contributed by atoms with van der Waals surface area (Å²) in [5.41, 5.74) is 11.5. The fourth-order valence-corrected chi connectivity index (χ4v) is 10.1. The van der Waals surface area contributed by atoms with Gasteiger partial charge in [0.15, 0.2) is 0 Å². The Morgan fingerprint density at radius 2 is 1.60 bits per heavy atom. The monoisotopic (exact) mass is 450 g/mol. The molecule has 96 valence electrons. The van der Waals surface area contributed by atoms with E-state index >= 15 is 0 Å². The second-order valence-electron chi connectivity index (χ2n) is 4.94. The Hall–Kier alpha value is -1.48. The average Bonchev–Trinajstić information content (AvgIpc) is 2.92. The van der Waals surface area contributed by atoms with Crippen molar-refractivity contribution in [3.05, 3.63) is 74.8 Å². The average molecular weight is 449 g/mol. The van der Waals surface area contributed by atoms with Crippen LogP contribution in [-0.4, -0.2) is 11.6 Å². The molecule has 2 aromatic rings. The Labute approximate surface area is 131 Å². The number of benzene rings is 2. The predicted molar refractivity (Wildman–Crippen MR) is 76.5 cm³/mol. The van der Waals surface area contributed by atoms with Crippen molar-refractivity contribution in [2.45, 2.75) is 6.42 Å². The van der Waals surface area contributed by atoms with Gasteiger partial charge < -0.3 is 0 Å². The van der Waals surface area contributed by atoms with Gasteiger partial charge in [-0.2, -0.15) is 0 Å². The summed E-state index contributed by atoms with van der Waals surface area (Å²) in [7, 11) is 0. The van der Waals surface area contributed by atoms with Gasteiger partial charge in [0, 0.05) is 0 Å². The van der Waals surface area contributed by atoms with Crippen molar-refractivity contribution in [3.8, 4) is 0 Å². The van der Waals surface area contributed by atoms with E-state index in [2.05, 4.69) is 47.7 Å². The fourth-order valence-electron chi connectivity index (χ4n) is 2.71. The molecule has 20 heavy (non-hydrogen) atoms. The molecule has 0 radical (unpaired) electrons. The summed E-state index contributed by atoms with van der Waals surface area (Å²) >= 11 is -1.34. The van der Waals surface area contributed by atoms with E-state index in [1.54, 1.807) is 8.09 Å². The molecule has 3 rings (SSSR count). The van der Waals surface area contributed by atoms with E-state index in [1.165, 1.54) is 3.07 Å². The van der Waals surface area contributed by atoms with Crippen molar-refractivity contribution in [1.82, 2.24) is 5.01 Å². The van der Waals surface area contributed by atoms with Gasteiger partial charge in [0.05, 0.1) is 0 Å². The third-order valence-corrected chi connectivity index (χ3v) is 11.4. The van der Waals surface area contributed by atoms with Crippen molar-refractivity contribution in [2.75, 3.05) is 6.54 Å². The number of rotatable bonds is 4. The van der Waals surface area contributed by atoms with Gasteiger partial charge in [-0.25, -0.2) is 0 Å². The van der Waals surface area contributed by atoms with Crippen molar-refractivity contribution in [2.24, 2.45) is 5.22 Å². The molecule has 0 N–H and O–H groups in total. The molecular formula is C16H14HgN3-. The Kier molecular flexibility index (Phi) is 4.26. The summed E-state index contributed by atoms with van der Waals surface area (Å²) in [6.45, 7) is 0.795. The summed E-state index contributed by atoms with van der Waals surface area (Å²) in [5.74, 6) is 0. The van der Waals surface area contributed by atoms with Crippen LogP contribution in [0.2, 0.25) is 0 Å². The van der Waals surface area contributed by atoms with Crippen molar-refractivity contribution < 1.29 is 24.6 Å². The van der Waals surface area contributed by atoms with Gasteiger partial charge in [-0.15, -0.1) is 0 Å². The molecule has 1 aliphatic heterocycles. The van der Waals surface area contributed by atoms with E-state index in [0.29, 0.717) is 0 Å². The first-order chi connectivity index (χ1) is 9.88. The van der Waals surface area contributed by atoms with E-state index < -0.39 is 24.6 Å². The Morgan fingerprint density at radius 3 is 2.25 bits per heavy atom. The van der Waals surface area contributed by atoms with Gasteiger partial charge >= 0.3 is 131 Å². The van der Waals surface area contributed by atoms with Crippen LogP contribution >= 0.6 is 0 Å². The molecule has 0 saturated carbocycles. The molecule has 0 aliphatic carbocycles. The molecule has 0 unspecified atom stereocenters. The van der Waals surface area contributed by atoms with E-state index in [0.717, 1.165) is 24.2 Å². The standard InChI is InChI=1S/C10H9N3.C6H5.Hg/c11-12-13-8-4-7-10(13)9-5-2-1-3-6-9;1-2-4-6-5-3-1;/h1-3,5-6H,4,8H2;1-5H;/q-1;;. The van der Waals surface area contributed by atoms with Crippen LogP contribution in [0.4, 0.5) is 0 Å². The summed E-state index contributed by atoms with van der Waals surface area (Å²) in [6, 6.07) is 21.0. The van der Waals surface area contributed by atoms with Crippen LogP contribution in [-0.2, 0) is 24.6 Å². The third kappa shape index (κ3) is 2.82. The predicted octanol–water partition coefficient (Wildman–Crippen LogP) is 3.41. The Balaban J connectivity index is 1.98. The van der Waals surface area contributed by atoms with E-state index in [9.17, 15) is 5.53 Å². The van der Waals surface area contributed by atoms with Crippen molar-refractivity contribution in [1.29, 1.82) is 0 Å². The maximum atomic E-state index is 9.22. The van der Waals surface area contributed by atoms with Crippen molar-refractivity contribution >= 4 is 8.77 Å². The summed E-state index contributed by atoms with van der Waals surface area (Å²) in [4.78, 5) is 0. The van der Waals surface area contributed by atoms with Crippen LogP contribution in [0.15, 0.2) is 69.0 Å².